The molecule has 1 aromatic carbocycles. The van der Waals surface area contributed by atoms with Gasteiger partial charge in [0.2, 0.25) is 0 Å². The van der Waals surface area contributed by atoms with Crippen LogP contribution in [0.1, 0.15) is 18.5 Å². The van der Waals surface area contributed by atoms with Crippen LogP contribution in [0.15, 0.2) is 12.1 Å². The second-order valence-corrected chi connectivity index (χ2v) is 2.99. The summed E-state index contributed by atoms with van der Waals surface area (Å²) >= 11 is 5.56. The van der Waals surface area contributed by atoms with Crippen LogP contribution in [0.4, 0.5) is 4.39 Å². The van der Waals surface area contributed by atoms with Gasteiger partial charge in [-0.25, -0.2) is 4.39 Å². The highest BCUT2D eigenvalue weighted by Crippen LogP contribution is 2.32. The first-order valence-corrected chi connectivity index (χ1v) is 3.84. The van der Waals surface area contributed by atoms with Gasteiger partial charge in [-0.15, -0.1) is 0 Å². The number of phenolic OH excluding ortho intramolecular Hbond substituents is 1. The Hall–Kier alpha value is -0.800. The molecule has 0 amide bonds. The van der Waals surface area contributed by atoms with Gasteiger partial charge < -0.3 is 10.8 Å². The molecule has 3 N–H and O–H groups in total. The molecule has 66 valence electrons. The minimum Gasteiger partial charge on any atom is -0.506 e. The molecule has 0 saturated carbocycles. The van der Waals surface area contributed by atoms with E-state index in [2.05, 4.69) is 0 Å². The van der Waals surface area contributed by atoms with Crippen molar-refractivity contribution in [2.75, 3.05) is 0 Å². The molecule has 0 fully saturated rings. The number of aromatic hydroxyl groups is 1. The predicted octanol–water partition coefficient (Wildman–Crippen LogP) is 2.20. The summed E-state index contributed by atoms with van der Waals surface area (Å²) < 4.78 is 13.0. The Bertz CT molecular complexity index is 301. The van der Waals surface area contributed by atoms with Crippen LogP contribution in [0.3, 0.4) is 0 Å². The molecule has 0 aliphatic heterocycles. The van der Waals surface area contributed by atoms with Crippen LogP contribution in [0, 0.1) is 5.82 Å². The fourth-order valence-corrected chi connectivity index (χ4v) is 1.15. The van der Waals surface area contributed by atoms with E-state index in [0.29, 0.717) is 0 Å². The minimum absolute atomic E-state index is 0.0579. The van der Waals surface area contributed by atoms with E-state index in [4.69, 9.17) is 17.3 Å². The summed E-state index contributed by atoms with van der Waals surface area (Å²) in [5.74, 6) is -0.807. The molecule has 0 unspecified atom stereocenters. The highest BCUT2D eigenvalue weighted by Gasteiger charge is 2.14. The maximum Gasteiger partial charge on any atom is 0.141 e. The third-order valence-electron chi connectivity index (χ3n) is 1.57. The van der Waals surface area contributed by atoms with Crippen LogP contribution in [-0.2, 0) is 0 Å². The van der Waals surface area contributed by atoms with Gasteiger partial charge in [-0.2, -0.15) is 0 Å². The Morgan fingerprint density at radius 2 is 2.17 bits per heavy atom. The molecular formula is C8H9ClFNO. The average Bonchev–Trinajstić information content (AvgIpc) is 1.97. The Morgan fingerprint density at radius 3 is 2.58 bits per heavy atom. The second-order valence-electron chi connectivity index (χ2n) is 2.58. The summed E-state index contributed by atoms with van der Waals surface area (Å²) in [7, 11) is 0. The fourth-order valence-electron chi connectivity index (χ4n) is 0.990. The number of halogens is 2. The van der Waals surface area contributed by atoms with Crippen molar-refractivity contribution in [2.24, 2.45) is 5.73 Å². The molecule has 0 radical (unpaired) electrons. The molecule has 0 saturated heterocycles. The maximum atomic E-state index is 13.0. The normalized spacial score (nSPS) is 13.0. The molecule has 2 nitrogen and oxygen atoms in total. The lowest BCUT2D eigenvalue weighted by molar-refractivity contribution is 0.452. The molecule has 0 bridgehead atoms. The van der Waals surface area contributed by atoms with E-state index >= 15 is 0 Å². The lowest BCUT2D eigenvalue weighted by Gasteiger charge is -2.10. The van der Waals surface area contributed by atoms with Gasteiger partial charge in [0.05, 0.1) is 5.02 Å². The number of rotatable bonds is 1. The number of hydrogen-bond donors (Lipinski definition) is 2. The number of phenols is 1. The van der Waals surface area contributed by atoms with Gasteiger partial charge in [0, 0.05) is 11.6 Å². The molecular weight excluding hydrogens is 181 g/mol. The van der Waals surface area contributed by atoms with Gasteiger partial charge in [-0.1, -0.05) is 11.6 Å². The van der Waals surface area contributed by atoms with Crippen LogP contribution in [0.5, 0.6) is 5.75 Å². The van der Waals surface area contributed by atoms with Crippen LogP contribution in [-0.4, -0.2) is 5.11 Å². The van der Waals surface area contributed by atoms with Crippen molar-refractivity contribution in [1.29, 1.82) is 0 Å². The van der Waals surface area contributed by atoms with Gasteiger partial charge in [0.15, 0.2) is 0 Å². The molecule has 1 rings (SSSR count). The lowest BCUT2D eigenvalue weighted by atomic mass is 10.1. The molecule has 4 heteroatoms. The Kier molecular flexibility index (Phi) is 2.55. The molecule has 1 aromatic rings. The Morgan fingerprint density at radius 1 is 1.58 bits per heavy atom. The highest BCUT2D eigenvalue weighted by atomic mass is 35.5. The standard InChI is InChI=1S/C8H9ClFNO/c1-4(11)7-6(10)3-2-5(9)8(7)12/h2-4,12H,11H2,1H3/t4-/m1/s1. The van der Waals surface area contributed by atoms with E-state index in [-0.39, 0.29) is 16.3 Å². The smallest absolute Gasteiger partial charge is 0.141 e. The second kappa shape index (κ2) is 3.29. The molecule has 0 heterocycles. The van der Waals surface area contributed by atoms with Crippen molar-refractivity contribution in [3.05, 3.63) is 28.5 Å². The van der Waals surface area contributed by atoms with Crippen molar-refractivity contribution in [3.8, 4) is 5.75 Å². The first-order valence-electron chi connectivity index (χ1n) is 3.46. The maximum absolute atomic E-state index is 13.0. The van der Waals surface area contributed by atoms with E-state index in [0.717, 1.165) is 0 Å². The van der Waals surface area contributed by atoms with Gasteiger partial charge in [-0.3, -0.25) is 0 Å². The molecule has 0 aliphatic carbocycles. The van der Waals surface area contributed by atoms with Gasteiger partial charge in [-0.05, 0) is 19.1 Å². The summed E-state index contributed by atoms with van der Waals surface area (Å²) in [4.78, 5) is 0. The zero-order valence-electron chi connectivity index (χ0n) is 6.51. The first-order chi connectivity index (χ1) is 5.54. The zero-order valence-corrected chi connectivity index (χ0v) is 7.27. The average molecular weight is 190 g/mol. The van der Waals surface area contributed by atoms with Gasteiger partial charge in [0.25, 0.3) is 0 Å². The number of hydrogen-bond acceptors (Lipinski definition) is 2. The molecule has 0 spiro atoms. The third-order valence-corrected chi connectivity index (χ3v) is 1.87. The summed E-state index contributed by atoms with van der Waals surface area (Å²) in [6.45, 7) is 1.58. The summed E-state index contributed by atoms with van der Waals surface area (Å²) in [6, 6.07) is 1.91. The fraction of sp³-hybridized carbons (Fsp3) is 0.250. The summed E-state index contributed by atoms with van der Waals surface area (Å²) in [6.07, 6.45) is 0. The lowest BCUT2D eigenvalue weighted by Crippen LogP contribution is -2.07. The van der Waals surface area contributed by atoms with Gasteiger partial charge >= 0.3 is 0 Å². The first kappa shape index (κ1) is 9.29. The SMILES string of the molecule is C[C@@H](N)c1c(F)ccc(Cl)c1O. The Labute approximate surface area is 74.8 Å². The van der Waals surface area contributed by atoms with Crippen LogP contribution in [0.2, 0.25) is 5.02 Å². The van der Waals surface area contributed by atoms with Crippen LogP contribution < -0.4 is 5.73 Å². The number of nitrogens with two attached hydrogens (primary N) is 1. The largest absolute Gasteiger partial charge is 0.506 e. The van der Waals surface area contributed by atoms with Crippen molar-refractivity contribution in [2.45, 2.75) is 13.0 Å². The van der Waals surface area contributed by atoms with E-state index in [9.17, 15) is 9.50 Å². The zero-order chi connectivity index (χ0) is 9.30. The minimum atomic E-state index is -0.566. The van der Waals surface area contributed by atoms with E-state index < -0.39 is 11.9 Å². The van der Waals surface area contributed by atoms with E-state index in [1.165, 1.54) is 12.1 Å². The van der Waals surface area contributed by atoms with Crippen LogP contribution >= 0.6 is 11.6 Å². The van der Waals surface area contributed by atoms with Crippen molar-refractivity contribution >= 4 is 11.6 Å². The topological polar surface area (TPSA) is 46.2 Å². The molecule has 0 aliphatic rings. The van der Waals surface area contributed by atoms with Crippen molar-refractivity contribution < 1.29 is 9.50 Å². The van der Waals surface area contributed by atoms with Gasteiger partial charge in [0.1, 0.15) is 11.6 Å². The Balaban J connectivity index is 3.33. The summed E-state index contributed by atoms with van der Waals surface area (Å²) in [5.41, 5.74) is 5.48. The molecule has 0 aromatic heterocycles. The van der Waals surface area contributed by atoms with Crippen LogP contribution in [0.25, 0.3) is 0 Å². The quantitative estimate of drug-likeness (QED) is 0.712. The van der Waals surface area contributed by atoms with E-state index in [1.807, 2.05) is 0 Å². The monoisotopic (exact) mass is 189 g/mol. The molecule has 1 atom stereocenters. The van der Waals surface area contributed by atoms with Crippen molar-refractivity contribution in [1.82, 2.24) is 0 Å². The van der Waals surface area contributed by atoms with Crippen molar-refractivity contribution in [3.63, 3.8) is 0 Å². The molecule has 12 heavy (non-hydrogen) atoms. The number of benzene rings is 1. The third kappa shape index (κ3) is 1.52. The summed E-state index contributed by atoms with van der Waals surface area (Å²) in [5, 5.41) is 9.41. The van der Waals surface area contributed by atoms with E-state index in [1.54, 1.807) is 6.92 Å². The highest BCUT2D eigenvalue weighted by molar-refractivity contribution is 6.32. The predicted molar refractivity (Wildman–Crippen MR) is 45.7 cm³/mol.